The fraction of sp³-hybridized carbons (Fsp3) is 0.885. The van der Waals surface area contributed by atoms with Crippen molar-refractivity contribution in [3.05, 3.63) is 0 Å². The van der Waals surface area contributed by atoms with Gasteiger partial charge in [0.05, 0.1) is 0 Å². The summed E-state index contributed by atoms with van der Waals surface area (Å²) in [5, 5.41) is 3.20. The second-order valence-electron chi connectivity index (χ2n) is 10.7. The van der Waals surface area contributed by atoms with E-state index in [1.165, 1.54) is 32.2 Å². The Labute approximate surface area is 233 Å². The van der Waals surface area contributed by atoms with E-state index < -0.39 is 24.2 Å². The molecule has 0 bridgehead atoms. The Balaban J connectivity index is 0. The van der Waals surface area contributed by atoms with Crippen LogP contribution in [0.4, 0.5) is 18.0 Å². The number of carbonyl (C=O) groups is 3. The van der Waals surface area contributed by atoms with Crippen LogP contribution >= 0.6 is 0 Å². The zero-order chi connectivity index (χ0) is 30.3. The van der Waals surface area contributed by atoms with Crippen LogP contribution in [0, 0.1) is 0 Å². The molecule has 0 fully saturated rings. The molecule has 0 unspecified atom stereocenters. The lowest BCUT2D eigenvalue weighted by Crippen LogP contribution is -2.44. The highest BCUT2D eigenvalue weighted by Gasteiger charge is 2.25. The third-order valence-electron chi connectivity index (χ3n) is 5.41. The molecule has 0 saturated carbocycles. The van der Waals surface area contributed by atoms with Gasteiger partial charge in [0.2, 0.25) is 12.2 Å². The maximum Gasteiger partial charge on any atom is 0.446 e. The van der Waals surface area contributed by atoms with Crippen molar-refractivity contribution >= 4 is 18.3 Å². The van der Waals surface area contributed by atoms with Crippen LogP contribution in [-0.4, -0.2) is 119 Å². The maximum absolute atomic E-state index is 11.8. The highest BCUT2D eigenvalue weighted by atomic mass is 19.4. The van der Waals surface area contributed by atoms with Crippen LogP contribution in [0.5, 0.6) is 0 Å². The van der Waals surface area contributed by atoms with Gasteiger partial charge in [-0.05, 0) is 133 Å². The second-order valence-corrected chi connectivity index (χ2v) is 10.7. The van der Waals surface area contributed by atoms with Crippen LogP contribution in [0.3, 0.4) is 0 Å². The summed E-state index contributed by atoms with van der Waals surface area (Å²) >= 11 is 0. The van der Waals surface area contributed by atoms with Crippen molar-refractivity contribution in [1.82, 2.24) is 30.9 Å². The fourth-order valence-corrected chi connectivity index (χ4v) is 3.38. The van der Waals surface area contributed by atoms with Crippen molar-refractivity contribution in [2.45, 2.75) is 77.5 Å². The molecular formula is C26H53F3N6O4. The average Bonchev–Trinajstić information content (AvgIpc) is 2.82. The summed E-state index contributed by atoms with van der Waals surface area (Å²) in [6, 6.07) is 0. The number of hydrogen-bond donors (Lipinski definition) is 3. The van der Waals surface area contributed by atoms with Gasteiger partial charge in [-0.25, -0.2) is 10.2 Å². The summed E-state index contributed by atoms with van der Waals surface area (Å²) in [7, 11) is 8.52. The Morgan fingerprint density at radius 3 is 1.49 bits per heavy atom. The molecule has 0 saturated heterocycles. The van der Waals surface area contributed by atoms with E-state index in [-0.39, 0.29) is 5.91 Å². The predicted octanol–water partition coefficient (Wildman–Crippen LogP) is 3.04. The second kappa shape index (κ2) is 22.8. The number of ether oxygens (including phenoxy) is 1. The van der Waals surface area contributed by atoms with E-state index in [1.807, 2.05) is 7.05 Å². The first-order valence-corrected chi connectivity index (χ1v) is 13.6. The van der Waals surface area contributed by atoms with E-state index in [0.29, 0.717) is 6.42 Å². The van der Waals surface area contributed by atoms with Crippen LogP contribution in [0.2, 0.25) is 0 Å². The van der Waals surface area contributed by atoms with Gasteiger partial charge < -0.3 is 24.8 Å². The first-order chi connectivity index (χ1) is 18.1. The minimum absolute atomic E-state index is 0.208. The molecule has 0 aromatic heterocycles. The summed E-state index contributed by atoms with van der Waals surface area (Å²) in [5.74, 6) is -0.208. The van der Waals surface area contributed by atoms with Gasteiger partial charge in [-0.2, -0.15) is 13.2 Å². The highest BCUT2D eigenvalue weighted by Crippen LogP contribution is 2.08. The van der Waals surface area contributed by atoms with Crippen molar-refractivity contribution < 1.29 is 32.3 Å². The predicted molar refractivity (Wildman–Crippen MR) is 148 cm³/mol. The Bertz CT molecular complexity index is 648. The molecule has 0 atom stereocenters. The molecule has 13 heteroatoms. The maximum atomic E-state index is 11.8. The van der Waals surface area contributed by atoms with Gasteiger partial charge in [-0.1, -0.05) is 0 Å². The van der Waals surface area contributed by atoms with Crippen molar-refractivity contribution in [2.24, 2.45) is 0 Å². The van der Waals surface area contributed by atoms with Crippen LogP contribution in [-0.2, 0) is 14.3 Å². The lowest BCUT2D eigenvalue weighted by atomic mass is 10.2. The molecule has 0 radical (unpaired) electrons. The quantitative estimate of drug-likeness (QED) is 0.131. The number of nitrogens with zero attached hydrogens (tertiary/aromatic N) is 3. The Kier molecular flexibility index (Phi) is 22.9. The Morgan fingerprint density at radius 1 is 0.744 bits per heavy atom. The van der Waals surface area contributed by atoms with Crippen molar-refractivity contribution in [3.63, 3.8) is 0 Å². The van der Waals surface area contributed by atoms with Gasteiger partial charge in [0, 0.05) is 6.42 Å². The van der Waals surface area contributed by atoms with Crippen molar-refractivity contribution in [3.8, 4) is 0 Å². The number of unbranched alkanes of at least 4 members (excludes halogenated alkanes) is 2. The lowest BCUT2D eigenvalue weighted by molar-refractivity contribution is -0.156. The number of nitrogens with one attached hydrogen (secondary N) is 3. The molecule has 0 rings (SSSR count). The zero-order valence-corrected chi connectivity index (χ0v) is 25.1. The summed E-state index contributed by atoms with van der Waals surface area (Å²) in [4.78, 5) is 39.2. The third kappa shape index (κ3) is 32.2. The van der Waals surface area contributed by atoms with Gasteiger partial charge in [-0.3, -0.25) is 15.0 Å². The molecule has 0 aliphatic carbocycles. The molecule has 0 aromatic carbocycles. The SMILES string of the molecule is CNCCCN(C)CCCCN(C)CCCCN(C)CCCC(=O)NNC(=O)OC(C)(C)C.O=CC(F)(F)F. The number of alkyl halides is 3. The Morgan fingerprint density at radius 2 is 1.13 bits per heavy atom. The van der Waals surface area contributed by atoms with E-state index in [0.717, 1.165) is 52.1 Å². The number of halogens is 3. The van der Waals surface area contributed by atoms with Crippen LogP contribution < -0.4 is 16.2 Å². The molecule has 0 aliphatic heterocycles. The first kappa shape index (κ1) is 39.2. The van der Waals surface area contributed by atoms with E-state index in [9.17, 15) is 22.8 Å². The highest BCUT2D eigenvalue weighted by molar-refractivity contribution is 5.79. The van der Waals surface area contributed by atoms with Gasteiger partial charge in [-0.15, -0.1) is 0 Å². The van der Waals surface area contributed by atoms with Gasteiger partial charge in [0.25, 0.3) is 0 Å². The molecule has 3 N–H and O–H groups in total. The standard InChI is InChI=1S/C24H52N6O3.C2HF3O/c1-24(2,3)33-23(32)27-26-22(31)14-12-20-29(6)18-10-8-16-28(5)17-9-11-19-30(7)21-13-15-25-4;3-2(4,5)1-6/h25H,8-21H2,1-7H3,(H,26,31)(H,27,32);1H. The summed E-state index contributed by atoms with van der Waals surface area (Å²) < 4.78 is 36.3. The number of rotatable bonds is 18. The van der Waals surface area contributed by atoms with Crippen molar-refractivity contribution in [1.29, 1.82) is 0 Å². The van der Waals surface area contributed by atoms with Gasteiger partial charge in [0.1, 0.15) is 5.60 Å². The van der Waals surface area contributed by atoms with Gasteiger partial charge >= 0.3 is 12.3 Å². The molecule has 39 heavy (non-hydrogen) atoms. The van der Waals surface area contributed by atoms with E-state index >= 15 is 0 Å². The molecule has 232 valence electrons. The normalized spacial score (nSPS) is 11.8. The van der Waals surface area contributed by atoms with Crippen LogP contribution in [0.15, 0.2) is 0 Å². The summed E-state index contributed by atoms with van der Waals surface area (Å²) in [6.45, 7) is 12.9. The minimum Gasteiger partial charge on any atom is -0.443 e. The molecule has 0 spiro atoms. The van der Waals surface area contributed by atoms with Crippen LogP contribution in [0.25, 0.3) is 0 Å². The number of hydrogen-bond acceptors (Lipinski definition) is 8. The number of hydrazine groups is 1. The number of amides is 2. The third-order valence-corrected chi connectivity index (χ3v) is 5.41. The minimum atomic E-state index is -4.64. The first-order valence-electron chi connectivity index (χ1n) is 13.6. The number of carbonyl (C=O) groups excluding carboxylic acids is 3. The fourth-order valence-electron chi connectivity index (χ4n) is 3.38. The molecule has 0 aliphatic rings. The monoisotopic (exact) mass is 570 g/mol. The van der Waals surface area contributed by atoms with Gasteiger partial charge in [0.15, 0.2) is 0 Å². The lowest BCUT2D eigenvalue weighted by Gasteiger charge is -2.20. The molecule has 10 nitrogen and oxygen atoms in total. The average molecular weight is 571 g/mol. The zero-order valence-electron chi connectivity index (χ0n) is 25.1. The van der Waals surface area contributed by atoms with E-state index in [4.69, 9.17) is 9.53 Å². The largest absolute Gasteiger partial charge is 0.446 e. The smallest absolute Gasteiger partial charge is 0.443 e. The Hall–Kier alpha value is -1.96. The molecular weight excluding hydrogens is 517 g/mol. The van der Waals surface area contributed by atoms with E-state index in [1.54, 1.807) is 20.8 Å². The molecule has 0 heterocycles. The van der Waals surface area contributed by atoms with E-state index in [2.05, 4.69) is 52.0 Å². The molecule has 0 aromatic rings. The summed E-state index contributed by atoms with van der Waals surface area (Å²) in [6.07, 6.45) is 0.821. The number of aldehydes is 1. The topological polar surface area (TPSA) is 106 Å². The van der Waals surface area contributed by atoms with Crippen molar-refractivity contribution in [2.75, 3.05) is 74.0 Å². The van der Waals surface area contributed by atoms with Crippen LogP contribution in [0.1, 0.15) is 65.7 Å². The molecule has 2 amide bonds. The summed E-state index contributed by atoms with van der Waals surface area (Å²) in [5.41, 5.74) is 4.08.